The first kappa shape index (κ1) is 14.6. The van der Waals surface area contributed by atoms with Crippen molar-refractivity contribution in [2.24, 2.45) is 5.73 Å². The summed E-state index contributed by atoms with van der Waals surface area (Å²) in [6.45, 7) is 2.99. The first-order valence-corrected chi connectivity index (χ1v) is 7.90. The number of nitrogens with two attached hydrogens (primary N) is 1. The van der Waals surface area contributed by atoms with Crippen LogP contribution in [0, 0.1) is 6.92 Å². The molecule has 122 valence electrons. The molecule has 0 atom stereocenters. The molecule has 7 nitrogen and oxygen atoms in total. The molecular formula is C17H18N6O. The number of aromatic nitrogens is 5. The lowest BCUT2D eigenvalue weighted by molar-refractivity contribution is 0.653. The average Bonchev–Trinajstić information content (AvgIpc) is 3.24. The number of H-pyrrole nitrogens is 1. The number of rotatable bonds is 4. The van der Waals surface area contributed by atoms with E-state index in [0.29, 0.717) is 24.0 Å². The number of nitrogens with zero attached hydrogens (tertiary/aromatic N) is 4. The fraction of sp³-hybridized carbons (Fsp3) is 0.235. The Kier molecular flexibility index (Phi) is 3.42. The van der Waals surface area contributed by atoms with Crippen molar-refractivity contribution < 1.29 is 0 Å². The van der Waals surface area contributed by atoms with Gasteiger partial charge in [-0.1, -0.05) is 0 Å². The molecule has 3 N–H and O–H groups in total. The summed E-state index contributed by atoms with van der Waals surface area (Å²) in [6, 6.07) is 6.01. The van der Waals surface area contributed by atoms with Crippen LogP contribution >= 0.6 is 0 Å². The van der Waals surface area contributed by atoms with Gasteiger partial charge in [-0.2, -0.15) is 5.10 Å². The molecule has 3 aromatic heterocycles. The third-order valence-corrected chi connectivity index (χ3v) is 4.32. The Morgan fingerprint density at radius 3 is 2.96 bits per heavy atom. The summed E-state index contributed by atoms with van der Waals surface area (Å²) in [7, 11) is 0. The van der Waals surface area contributed by atoms with Crippen molar-refractivity contribution in [3.8, 4) is 5.69 Å². The Labute approximate surface area is 137 Å². The predicted octanol–water partition coefficient (Wildman–Crippen LogP) is 1.72. The Morgan fingerprint density at radius 1 is 1.33 bits per heavy atom. The van der Waals surface area contributed by atoms with Gasteiger partial charge in [0.2, 0.25) is 0 Å². The number of benzene rings is 1. The topological polar surface area (TPSA) is 94.5 Å². The molecule has 0 aliphatic carbocycles. The number of hydrogen-bond donors (Lipinski definition) is 2. The highest BCUT2D eigenvalue weighted by atomic mass is 16.1. The van der Waals surface area contributed by atoms with Crippen molar-refractivity contribution in [2.45, 2.75) is 19.9 Å². The second-order valence-corrected chi connectivity index (χ2v) is 5.84. The molecule has 24 heavy (non-hydrogen) atoms. The molecule has 4 rings (SSSR count). The molecule has 1 aromatic carbocycles. The molecule has 0 spiro atoms. The maximum absolute atomic E-state index is 13.0. The number of aryl methyl sites for hydroxylation is 2. The highest BCUT2D eigenvalue weighted by Crippen LogP contribution is 2.25. The molecule has 3 heterocycles. The lowest BCUT2D eigenvalue weighted by atomic mass is 10.1. The Morgan fingerprint density at radius 2 is 2.21 bits per heavy atom. The molecule has 0 aliphatic heterocycles. The van der Waals surface area contributed by atoms with Crippen LogP contribution in [0.5, 0.6) is 0 Å². The number of aromatic amines is 1. The second kappa shape index (κ2) is 5.61. The number of nitrogens with one attached hydrogen (secondary N) is 1. The van der Waals surface area contributed by atoms with Gasteiger partial charge in [0.15, 0.2) is 0 Å². The van der Waals surface area contributed by atoms with E-state index in [-0.39, 0.29) is 5.56 Å². The van der Waals surface area contributed by atoms with Crippen molar-refractivity contribution in [3.63, 3.8) is 0 Å². The lowest BCUT2D eigenvalue weighted by Crippen LogP contribution is -2.22. The van der Waals surface area contributed by atoms with E-state index in [1.807, 2.05) is 35.9 Å². The quantitative estimate of drug-likeness (QED) is 0.598. The average molecular weight is 322 g/mol. The molecule has 0 radical (unpaired) electrons. The largest absolute Gasteiger partial charge is 0.330 e. The van der Waals surface area contributed by atoms with Gasteiger partial charge in [-0.15, -0.1) is 0 Å². The van der Waals surface area contributed by atoms with Crippen molar-refractivity contribution >= 4 is 21.8 Å². The van der Waals surface area contributed by atoms with E-state index in [0.717, 1.165) is 28.7 Å². The molecule has 7 heteroatoms. The van der Waals surface area contributed by atoms with Crippen molar-refractivity contribution in [3.05, 3.63) is 53.0 Å². The zero-order valence-electron chi connectivity index (χ0n) is 13.4. The van der Waals surface area contributed by atoms with Gasteiger partial charge in [-0.3, -0.25) is 9.89 Å². The number of pyridine rings is 1. The smallest absolute Gasteiger partial charge is 0.262 e. The predicted molar refractivity (Wildman–Crippen MR) is 93.4 cm³/mol. The van der Waals surface area contributed by atoms with E-state index in [9.17, 15) is 4.79 Å². The van der Waals surface area contributed by atoms with Gasteiger partial charge in [-0.05, 0) is 38.1 Å². The minimum atomic E-state index is -0.0278. The highest BCUT2D eigenvalue weighted by molar-refractivity contribution is 6.04. The second-order valence-electron chi connectivity index (χ2n) is 5.84. The summed E-state index contributed by atoms with van der Waals surface area (Å²) in [5.74, 6) is 0. The van der Waals surface area contributed by atoms with Gasteiger partial charge < -0.3 is 14.9 Å². The third-order valence-electron chi connectivity index (χ3n) is 4.32. The van der Waals surface area contributed by atoms with E-state index in [1.54, 1.807) is 17.1 Å². The molecule has 0 aliphatic rings. The van der Waals surface area contributed by atoms with Crippen LogP contribution in [0.1, 0.15) is 12.1 Å². The van der Waals surface area contributed by atoms with Crippen LogP contribution in [0.2, 0.25) is 0 Å². The van der Waals surface area contributed by atoms with Crippen LogP contribution in [-0.2, 0) is 6.54 Å². The zero-order chi connectivity index (χ0) is 16.7. The molecule has 0 amide bonds. The van der Waals surface area contributed by atoms with Crippen LogP contribution < -0.4 is 11.3 Å². The Bertz CT molecular complexity index is 1070. The SMILES string of the molecule is Cc1[nH]nc2c1c(=O)n(CCCN)c1cc(-n3ccnc3)ccc21. The van der Waals surface area contributed by atoms with E-state index >= 15 is 0 Å². The number of imidazole rings is 1. The highest BCUT2D eigenvalue weighted by Gasteiger charge is 2.15. The van der Waals surface area contributed by atoms with Gasteiger partial charge in [0.1, 0.15) is 5.52 Å². The van der Waals surface area contributed by atoms with Crippen LogP contribution in [0.25, 0.3) is 27.5 Å². The number of hydrogen-bond acceptors (Lipinski definition) is 4. The summed E-state index contributed by atoms with van der Waals surface area (Å²) in [5.41, 5.74) is 8.94. The minimum Gasteiger partial charge on any atom is -0.330 e. The first-order valence-electron chi connectivity index (χ1n) is 7.90. The maximum Gasteiger partial charge on any atom is 0.262 e. The monoisotopic (exact) mass is 322 g/mol. The van der Waals surface area contributed by atoms with Gasteiger partial charge >= 0.3 is 0 Å². The van der Waals surface area contributed by atoms with E-state index in [1.165, 1.54) is 0 Å². The molecule has 0 unspecified atom stereocenters. The van der Waals surface area contributed by atoms with Crippen LogP contribution in [0.4, 0.5) is 0 Å². The van der Waals surface area contributed by atoms with Gasteiger partial charge in [-0.25, -0.2) is 4.98 Å². The standard InChI is InChI=1S/C17H18N6O/c1-11-15-16(21-20-11)13-4-3-12(22-8-6-19-10-22)9-14(13)23(17(15)24)7-2-5-18/h3-4,6,8-10H,2,5,7,18H2,1H3,(H,20,21). The molecule has 0 saturated carbocycles. The molecule has 0 bridgehead atoms. The van der Waals surface area contributed by atoms with Crippen LogP contribution in [0.15, 0.2) is 41.7 Å². The van der Waals surface area contributed by atoms with E-state index < -0.39 is 0 Å². The molecule has 0 saturated heterocycles. The molecule has 4 aromatic rings. The van der Waals surface area contributed by atoms with Gasteiger partial charge in [0.25, 0.3) is 5.56 Å². The normalized spacial score (nSPS) is 11.6. The maximum atomic E-state index is 13.0. The third kappa shape index (κ3) is 2.13. The fourth-order valence-electron chi connectivity index (χ4n) is 3.12. The van der Waals surface area contributed by atoms with E-state index in [4.69, 9.17) is 5.73 Å². The van der Waals surface area contributed by atoms with Crippen molar-refractivity contribution in [1.29, 1.82) is 0 Å². The molecular weight excluding hydrogens is 304 g/mol. The Hall–Kier alpha value is -2.93. The Balaban J connectivity index is 2.08. The van der Waals surface area contributed by atoms with Crippen LogP contribution in [0.3, 0.4) is 0 Å². The van der Waals surface area contributed by atoms with Crippen LogP contribution in [-0.4, -0.2) is 30.9 Å². The van der Waals surface area contributed by atoms with E-state index in [2.05, 4.69) is 15.2 Å². The summed E-state index contributed by atoms with van der Waals surface area (Å²) < 4.78 is 3.71. The van der Waals surface area contributed by atoms with Gasteiger partial charge in [0, 0.05) is 35.7 Å². The summed E-state index contributed by atoms with van der Waals surface area (Å²) in [6.07, 6.45) is 6.08. The number of fused-ring (bicyclic) bond motifs is 3. The first-order chi connectivity index (χ1) is 11.7. The summed E-state index contributed by atoms with van der Waals surface area (Å²) in [4.78, 5) is 17.1. The summed E-state index contributed by atoms with van der Waals surface area (Å²) in [5, 5.41) is 8.87. The lowest BCUT2D eigenvalue weighted by Gasteiger charge is -2.12. The summed E-state index contributed by atoms with van der Waals surface area (Å²) >= 11 is 0. The zero-order valence-corrected chi connectivity index (χ0v) is 13.4. The molecule has 0 fully saturated rings. The van der Waals surface area contributed by atoms with Crippen molar-refractivity contribution in [2.75, 3.05) is 6.54 Å². The van der Waals surface area contributed by atoms with Crippen molar-refractivity contribution in [1.82, 2.24) is 24.3 Å². The van der Waals surface area contributed by atoms with Gasteiger partial charge in [0.05, 0.1) is 17.2 Å². The fourth-order valence-corrected chi connectivity index (χ4v) is 3.12. The minimum absolute atomic E-state index is 0.0278.